The molecule has 0 radical (unpaired) electrons. The van der Waals surface area contributed by atoms with Crippen LogP contribution in [0.4, 0.5) is 5.69 Å². The first-order valence-electron chi connectivity index (χ1n) is 9.47. The maximum absolute atomic E-state index is 13.0. The van der Waals surface area contributed by atoms with E-state index in [1.807, 2.05) is 32.0 Å². The second-order valence-corrected chi connectivity index (χ2v) is 7.81. The van der Waals surface area contributed by atoms with Crippen molar-refractivity contribution in [2.45, 2.75) is 58.1 Å². The van der Waals surface area contributed by atoms with E-state index in [0.29, 0.717) is 19.5 Å². The molecule has 150 valence electrons. The highest BCUT2D eigenvalue weighted by Crippen LogP contribution is 2.38. The third-order valence-electron chi connectivity index (χ3n) is 5.83. The second-order valence-electron chi connectivity index (χ2n) is 7.81. The van der Waals surface area contributed by atoms with Crippen LogP contribution in [0, 0.1) is 19.3 Å². The van der Waals surface area contributed by atoms with Crippen molar-refractivity contribution in [2.24, 2.45) is 5.41 Å². The molecule has 2 aliphatic rings. The molecule has 2 atom stereocenters. The first-order valence-corrected chi connectivity index (χ1v) is 9.47. The number of halogens is 1. The summed E-state index contributed by atoms with van der Waals surface area (Å²) in [5.41, 5.74) is 2.59. The minimum absolute atomic E-state index is 0. The first-order chi connectivity index (χ1) is 12.4. The van der Waals surface area contributed by atoms with E-state index in [1.54, 1.807) is 0 Å². The van der Waals surface area contributed by atoms with Crippen LogP contribution in [-0.4, -0.2) is 42.2 Å². The molecule has 1 saturated carbocycles. The van der Waals surface area contributed by atoms with Gasteiger partial charge in [0.05, 0.1) is 17.6 Å². The highest BCUT2D eigenvalue weighted by atomic mass is 35.5. The van der Waals surface area contributed by atoms with Crippen molar-refractivity contribution >= 4 is 29.9 Å². The number of aryl methyl sites for hydroxylation is 2. The van der Waals surface area contributed by atoms with Crippen LogP contribution in [-0.2, 0) is 9.59 Å². The van der Waals surface area contributed by atoms with E-state index >= 15 is 0 Å². The van der Waals surface area contributed by atoms with Gasteiger partial charge < -0.3 is 21.1 Å². The fraction of sp³-hybridized carbons (Fsp3) is 0.600. The fourth-order valence-electron chi connectivity index (χ4n) is 3.92. The molecule has 6 nitrogen and oxygen atoms in total. The molecular formula is C20H30ClN3O3. The number of nitrogens with one attached hydrogen (secondary N) is 3. The Labute approximate surface area is 166 Å². The van der Waals surface area contributed by atoms with E-state index in [4.69, 9.17) is 0 Å². The average molecular weight is 396 g/mol. The third kappa shape index (κ3) is 5.00. The predicted molar refractivity (Wildman–Crippen MR) is 108 cm³/mol. The van der Waals surface area contributed by atoms with Gasteiger partial charge in [0.2, 0.25) is 11.8 Å². The molecule has 0 spiro atoms. The maximum atomic E-state index is 13.0. The fourth-order valence-corrected chi connectivity index (χ4v) is 3.92. The highest BCUT2D eigenvalue weighted by Gasteiger charge is 2.42. The lowest BCUT2D eigenvalue weighted by molar-refractivity contribution is -0.127. The lowest BCUT2D eigenvalue weighted by Gasteiger charge is -2.28. The summed E-state index contributed by atoms with van der Waals surface area (Å²) in [6.45, 7) is 4.86. The molecule has 2 unspecified atom stereocenters. The lowest BCUT2D eigenvalue weighted by atomic mass is 9.84. The van der Waals surface area contributed by atoms with Crippen molar-refractivity contribution in [3.8, 4) is 0 Å². The highest BCUT2D eigenvalue weighted by molar-refractivity contribution is 5.96. The van der Waals surface area contributed by atoms with Crippen LogP contribution >= 0.6 is 12.4 Å². The van der Waals surface area contributed by atoms with Gasteiger partial charge in [0, 0.05) is 18.8 Å². The summed E-state index contributed by atoms with van der Waals surface area (Å²) in [6.07, 6.45) is 3.51. The van der Waals surface area contributed by atoms with Gasteiger partial charge in [0.1, 0.15) is 0 Å². The van der Waals surface area contributed by atoms with E-state index < -0.39 is 11.5 Å². The number of hydrogen-bond donors (Lipinski definition) is 4. The van der Waals surface area contributed by atoms with Gasteiger partial charge in [-0.25, -0.2) is 0 Å². The second kappa shape index (κ2) is 9.04. The number of amides is 2. The van der Waals surface area contributed by atoms with Crippen LogP contribution in [0.5, 0.6) is 0 Å². The molecule has 0 bridgehead atoms. The molecule has 1 aliphatic heterocycles. The van der Waals surface area contributed by atoms with Crippen molar-refractivity contribution in [3.63, 3.8) is 0 Å². The zero-order valence-electron chi connectivity index (χ0n) is 16.0. The number of anilines is 1. The van der Waals surface area contributed by atoms with Gasteiger partial charge in [-0.2, -0.15) is 0 Å². The zero-order valence-corrected chi connectivity index (χ0v) is 16.8. The monoisotopic (exact) mass is 395 g/mol. The van der Waals surface area contributed by atoms with Crippen molar-refractivity contribution in [2.75, 3.05) is 18.4 Å². The first kappa shape index (κ1) is 21.7. The van der Waals surface area contributed by atoms with Crippen LogP contribution in [0.25, 0.3) is 0 Å². The van der Waals surface area contributed by atoms with Crippen LogP contribution in [0.3, 0.4) is 0 Å². The zero-order chi connectivity index (χ0) is 18.7. The summed E-state index contributed by atoms with van der Waals surface area (Å²) in [5, 5.41) is 18.6. The number of benzene rings is 1. The molecule has 3 rings (SSSR count). The van der Waals surface area contributed by atoms with Gasteiger partial charge in [-0.1, -0.05) is 18.9 Å². The SMILES string of the molecule is Cc1ccc(NC(=O)C2(CNC(=O)C3CC(O)CN3)CCCC2)cc1C.Cl. The summed E-state index contributed by atoms with van der Waals surface area (Å²) in [4.78, 5) is 25.3. The predicted octanol–water partition coefficient (Wildman–Crippen LogP) is 2.06. The summed E-state index contributed by atoms with van der Waals surface area (Å²) in [6, 6.07) is 5.54. The number of rotatable bonds is 5. The van der Waals surface area contributed by atoms with E-state index in [9.17, 15) is 14.7 Å². The molecule has 1 aliphatic carbocycles. The Kier molecular flexibility index (Phi) is 7.25. The normalized spacial score (nSPS) is 23.5. The van der Waals surface area contributed by atoms with E-state index in [0.717, 1.165) is 36.9 Å². The van der Waals surface area contributed by atoms with Gasteiger partial charge in [0.25, 0.3) is 0 Å². The molecule has 7 heteroatoms. The average Bonchev–Trinajstić information content (AvgIpc) is 3.26. The van der Waals surface area contributed by atoms with Crippen molar-refractivity contribution in [1.29, 1.82) is 0 Å². The minimum Gasteiger partial charge on any atom is -0.392 e. The molecule has 0 aromatic heterocycles. The Morgan fingerprint density at radius 3 is 2.52 bits per heavy atom. The van der Waals surface area contributed by atoms with Gasteiger partial charge in [0.15, 0.2) is 0 Å². The summed E-state index contributed by atoms with van der Waals surface area (Å²) in [5.74, 6) is -0.148. The van der Waals surface area contributed by atoms with Crippen molar-refractivity contribution < 1.29 is 14.7 Å². The van der Waals surface area contributed by atoms with E-state index in [1.165, 1.54) is 5.56 Å². The molecule has 4 N–H and O–H groups in total. The molecular weight excluding hydrogens is 366 g/mol. The van der Waals surface area contributed by atoms with E-state index in [2.05, 4.69) is 16.0 Å². The smallest absolute Gasteiger partial charge is 0.237 e. The Bertz CT molecular complexity index is 689. The largest absolute Gasteiger partial charge is 0.392 e. The number of hydrogen-bond acceptors (Lipinski definition) is 4. The number of carbonyl (C=O) groups is 2. The summed E-state index contributed by atoms with van der Waals surface area (Å²) < 4.78 is 0. The third-order valence-corrected chi connectivity index (χ3v) is 5.83. The van der Waals surface area contributed by atoms with Crippen molar-refractivity contribution in [3.05, 3.63) is 29.3 Å². The van der Waals surface area contributed by atoms with E-state index in [-0.39, 0.29) is 30.3 Å². The van der Waals surface area contributed by atoms with Gasteiger partial charge in [-0.3, -0.25) is 9.59 Å². The van der Waals surface area contributed by atoms with Crippen molar-refractivity contribution in [1.82, 2.24) is 10.6 Å². The Balaban J connectivity index is 0.00000261. The summed E-state index contributed by atoms with van der Waals surface area (Å²) in [7, 11) is 0. The minimum atomic E-state index is -0.550. The maximum Gasteiger partial charge on any atom is 0.237 e. The molecule has 2 amide bonds. The lowest BCUT2D eigenvalue weighted by Crippen LogP contribution is -2.48. The molecule has 27 heavy (non-hydrogen) atoms. The molecule has 1 heterocycles. The molecule has 1 aromatic carbocycles. The number of carbonyl (C=O) groups excluding carboxylic acids is 2. The Morgan fingerprint density at radius 1 is 1.22 bits per heavy atom. The Hall–Kier alpha value is -1.63. The molecule has 1 saturated heterocycles. The number of β-amino-alcohol motifs (C(OH)–C–C–N with tert-alkyl or cyclic N) is 1. The quantitative estimate of drug-likeness (QED) is 0.614. The van der Waals surface area contributed by atoms with Gasteiger partial charge >= 0.3 is 0 Å². The number of aliphatic hydroxyl groups is 1. The molecule has 1 aromatic rings. The molecule has 2 fully saturated rings. The van der Waals surface area contributed by atoms with Crippen LogP contribution < -0.4 is 16.0 Å². The van der Waals surface area contributed by atoms with Crippen LogP contribution in [0.1, 0.15) is 43.2 Å². The van der Waals surface area contributed by atoms with Gasteiger partial charge in [-0.05, 0) is 56.4 Å². The van der Waals surface area contributed by atoms with Gasteiger partial charge in [-0.15, -0.1) is 12.4 Å². The topological polar surface area (TPSA) is 90.5 Å². The van der Waals surface area contributed by atoms with Crippen LogP contribution in [0.2, 0.25) is 0 Å². The number of aliphatic hydroxyl groups excluding tert-OH is 1. The standard InChI is InChI=1S/C20H29N3O3.ClH/c1-13-5-6-15(9-14(13)2)23-19(26)20(7-3-4-8-20)12-22-18(25)17-10-16(24)11-21-17;/h5-6,9,16-17,21,24H,3-4,7-8,10-12H2,1-2H3,(H,22,25)(H,23,26);1H. The Morgan fingerprint density at radius 2 is 1.93 bits per heavy atom. The van der Waals surface area contributed by atoms with Crippen LogP contribution in [0.15, 0.2) is 18.2 Å². The summed E-state index contributed by atoms with van der Waals surface area (Å²) >= 11 is 0.